The first-order chi connectivity index (χ1) is 12.0. The first-order valence-electron chi connectivity index (χ1n) is 8.02. The van der Waals surface area contributed by atoms with Crippen LogP contribution in [0.1, 0.15) is 22.6 Å². The lowest BCUT2D eigenvalue weighted by Gasteiger charge is -2.10. The molecule has 6 heteroatoms. The van der Waals surface area contributed by atoms with Gasteiger partial charge in [0.2, 0.25) is 11.7 Å². The molecule has 0 saturated carbocycles. The van der Waals surface area contributed by atoms with E-state index in [0.29, 0.717) is 23.4 Å². The van der Waals surface area contributed by atoms with Crippen LogP contribution in [0.25, 0.3) is 11.4 Å². The molecule has 128 valence electrons. The maximum Gasteiger partial charge on any atom is 0.246 e. The lowest BCUT2D eigenvalue weighted by Crippen LogP contribution is -2.28. The number of anilines is 1. The van der Waals surface area contributed by atoms with Crippen LogP contribution in [-0.2, 0) is 6.54 Å². The number of rotatable bonds is 4. The molecule has 1 heterocycles. The zero-order chi connectivity index (χ0) is 17.8. The fourth-order valence-corrected chi connectivity index (χ4v) is 2.80. The largest absolute Gasteiger partial charge is 0.353 e. The summed E-state index contributed by atoms with van der Waals surface area (Å²) in [6, 6.07) is 14.2. The van der Waals surface area contributed by atoms with E-state index in [1.807, 2.05) is 43.3 Å². The minimum atomic E-state index is 0.370. The van der Waals surface area contributed by atoms with Crippen LogP contribution in [0, 0.1) is 20.8 Å². The molecular formula is C19H20N4OS. The highest BCUT2D eigenvalue weighted by Crippen LogP contribution is 2.17. The molecule has 0 radical (unpaired) electrons. The Hall–Kier alpha value is -2.73. The maximum absolute atomic E-state index is 5.33. The number of nitrogens with zero attached hydrogens (tertiary/aromatic N) is 2. The molecule has 0 aliphatic heterocycles. The Bertz CT molecular complexity index is 884. The van der Waals surface area contributed by atoms with Crippen molar-refractivity contribution in [3.05, 3.63) is 65.0 Å². The average molecular weight is 352 g/mol. The molecular weight excluding hydrogens is 332 g/mol. The Morgan fingerprint density at radius 3 is 2.52 bits per heavy atom. The molecule has 0 fully saturated rings. The number of aromatic nitrogens is 2. The molecule has 0 aliphatic carbocycles. The number of benzene rings is 2. The van der Waals surface area contributed by atoms with Crippen molar-refractivity contribution < 1.29 is 4.52 Å². The van der Waals surface area contributed by atoms with Crippen LogP contribution >= 0.6 is 12.2 Å². The van der Waals surface area contributed by atoms with Gasteiger partial charge in [-0.25, -0.2) is 0 Å². The molecule has 0 amide bonds. The number of aryl methyl sites for hydroxylation is 3. The lowest BCUT2D eigenvalue weighted by molar-refractivity contribution is 0.376. The third-order valence-electron chi connectivity index (χ3n) is 3.62. The average Bonchev–Trinajstić information content (AvgIpc) is 3.01. The van der Waals surface area contributed by atoms with E-state index in [4.69, 9.17) is 16.7 Å². The molecule has 3 aromatic rings. The van der Waals surface area contributed by atoms with E-state index in [-0.39, 0.29) is 0 Å². The van der Waals surface area contributed by atoms with E-state index in [1.165, 1.54) is 11.1 Å². The quantitative estimate of drug-likeness (QED) is 0.688. The third kappa shape index (κ3) is 4.64. The second kappa shape index (κ2) is 7.44. The van der Waals surface area contributed by atoms with Crippen LogP contribution in [0.4, 0.5) is 5.69 Å². The summed E-state index contributed by atoms with van der Waals surface area (Å²) in [4.78, 5) is 4.40. The Labute approximate surface area is 152 Å². The van der Waals surface area contributed by atoms with Crippen molar-refractivity contribution in [2.24, 2.45) is 0 Å². The molecule has 0 atom stereocenters. The normalized spacial score (nSPS) is 10.5. The van der Waals surface area contributed by atoms with Crippen molar-refractivity contribution in [1.82, 2.24) is 15.5 Å². The van der Waals surface area contributed by atoms with E-state index < -0.39 is 0 Å². The summed E-state index contributed by atoms with van der Waals surface area (Å²) in [5.74, 6) is 1.06. The highest BCUT2D eigenvalue weighted by molar-refractivity contribution is 7.80. The third-order valence-corrected chi connectivity index (χ3v) is 3.87. The van der Waals surface area contributed by atoms with Crippen molar-refractivity contribution in [1.29, 1.82) is 0 Å². The van der Waals surface area contributed by atoms with Gasteiger partial charge in [0.15, 0.2) is 5.11 Å². The molecule has 3 rings (SSSR count). The summed E-state index contributed by atoms with van der Waals surface area (Å²) in [7, 11) is 0. The van der Waals surface area contributed by atoms with Crippen molar-refractivity contribution in [2.75, 3.05) is 5.32 Å². The second-order valence-electron chi connectivity index (χ2n) is 6.07. The van der Waals surface area contributed by atoms with Gasteiger partial charge in [-0.05, 0) is 62.3 Å². The Morgan fingerprint density at radius 2 is 1.80 bits per heavy atom. The van der Waals surface area contributed by atoms with Gasteiger partial charge >= 0.3 is 0 Å². The van der Waals surface area contributed by atoms with Gasteiger partial charge in [-0.15, -0.1) is 0 Å². The van der Waals surface area contributed by atoms with Crippen LogP contribution in [-0.4, -0.2) is 15.3 Å². The molecule has 0 saturated heterocycles. The molecule has 25 heavy (non-hydrogen) atoms. The fourth-order valence-electron chi connectivity index (χ4n) is 2.61. The van der Waals surface area contributed by atoms with Gasteiger partial charge in [0.25, 0.3) is 0 Å². The molecule has 0 spiro atoms. The summed E-state index contributed by atoms with van der Waals surface area (Å²) < 4.78 is 5.29. The van der Waals surface area contributed by atoms with Crippen molar-refractivity contribution in [3.8, 4) is 11.4 Å². The zero-order valence-corrected chi connectivity index (χ0v) is 15.3. The highest BCUT2D eigenvalue weighted by Gasteiger charge is 2.09. The van der Waals surface area contributed by atoms with Gasteiger partial charge in [-0.1, -0.05) is 35.0 Å². The molecule has 5 nitrogen and oxygen atoms in total. The summed E-state index contributed by atoms with van der Waals surface area (Å²) in [5, 5.41) is 10.8. The summed E-state index contributed by atoms with van der Waals surface area (Å²) in [6.07, 6.45) is 0. The number of thiocarbonyl (C=S) groups is 1. The number of hydrogen-bond acceptors (Lipinski definition) is 4. The van der Waals surface area contributed by atoms with Crippen LogP contribution in [0.15, 0.2) is 47.0 Å². The number of hydrogen-bond donors (Lipinski definition) is 2. The van der Waals surface area contributed by atoms with Crippen LogP contribution in [0.5, 0.6) is 0 Å². The second-order valence-corrected chi connectivity index (χ2v) is 6.47. The van der Waals surface area contributed by atoms with Crippen molar-refractivity contribution in [2.45, 2.75) is 27.3 Å². The predicted molar refractivity (Wildman–Crippen MR) is 103 cm³/mol. The Balaban J connectivity index is 1.59. The molecule has 0 aliphatic rings. The van der Waals surface area contributed by atoms with Crippen LogP contribution in [0.2, 0.25) is 0 Å². The SMILES string of the molecule is Cc1cc(C)cc(NC(=S)NCc2nc(-c3cccc(C)c3)no2)c1. The standard InChI is InChI=1S/C19H20N4OS/c1-12-5-4-6-15(8-12)18-22-17(24-23-18)11-20-19(25)21-16-9-13(2)7-14(3)10-16/h4-10H,11H2,1-3H3,(H2,20,21,25). The summed E-state index contributed by atoms with van der Waals surface area (Å²) in [6.45, 7) is 6.51. The predicted octanol–water partition coefficient (Wildman–Crippen LogP) is 4.15. The van der Waals surface area contributed by atoms with E-state index >= 15 is 0 Å². The minimum Gasteiger partial charge on any atom is -0.353 e. The molecule has 0 unspecified atom stereocenters. The monoisotopic (exact) mass is 352 g/mol. The first-order valence-corrected chi connectivity index (χ1v) is 8.43. The topological polar surface area (TPSA) is 63.0 Å². The Morgan fingerprint density at radius 1 is 1.04 bits per heavy atom. The molecule has 2 aromatic carbocycles. The van der Waals surface area contributed by atoms with Crippen LogP contribution < -0.4 is 10.6 Å². The highest BCUT2D eigenvalue weighted by atomic mass is 32.1. The maximum atomic E-state index is 5.33. The Kier molecular flexibility index (Phi) is 5.09. The van der Waals surface area contributed by atoms with Crippen molar-refractivity contribution in [3.63, 3.8) is 0 Å². The number of nitrogens with one attached hydrogen (secondary N) is 2. The van der Waals surface area contributed by atoms with E-state index in [1.54, 1.807) is 0 Å². The van der Waals surface area contributed by atoms with Gasteiger partial charge in [-0.3, -0.25) is 0 Å². The van der Waals surface area contributed by atoms with E-state index in [9.17, 15) is 0 Å². The molecule has 0 bridgehead atoms. The van der Waals surface area contributed by atoms with Crippen LogP contribution in [0.3, 0.4) is 0 Å². The minimum absolute atomic E-state index is 0.370. The summed E-state index contributed by atoms with van der Waals surface area (Å²) in [5.41, 5.74) is 5.42. The van der Waals surface area contributed by atoms with Gasteiger partial charge in [-0.2, -0.15) is 4.98 Å². The zero-order valence-electron chi connectivity index (χ0n) is 14.5. The van der Waals surface area contributed by atoms with E-state index in [2.05, 4.69) is 40.7 Å². The lowest BCUT2D eigenvalue weighted by atomic mass is 10.1. The van der Waals surface area contributed by atoms with Gasteiger partial charge in [0.05, 0.1) is 6.54 Å². The molecule has 1 aromatic heterocycles. The van der Waals surface area contributed by atoms with E-state index in [0.717, 1.165) is 16.8 Å². The van der Waals surface area contributed by atoms with Gasteiger partial charge in [0.1, 0.15) is 0 Å². The molecule has 2 N–H and O–H groups in total. The first kappa shape index (κ1) is 17.1. The summed E-state index contributed by atoms with van der Waals surface area (Å²) >= 11 is 5.33. The smallest absolute Gasteiger partial charge is 0.246 e. The van der Waals surface area contributed by atoms with Crippen molar-refractivity contribution >= 4 is 23.0 Å². The van der Waals surface area contributed by atoms with Gasteiger partial charge in [0, 0.05) is 11.3 Å². The van der Waals surface area contributed by atoms with Gasteiger partial charge < -0.3 is 15.2 Å². The fraction of sp³-hybridized carbons (Fsp3) is 0.211.